The van der Waals surface area contributed by atoms with Gasteiger partial charge in [0.1, 0.15) is 0 Å². The number of hydrogen-bond acceptors (Lipinski definition) is 4. The molecule has 0 spiro atoms. The summed E-state index contributed by atoms with van der Waals surface area (Å²) in [6.07, 6.45) is 5.43. The van der Waals surface area contributed by atoms with Gasteiger partial charge < -0.3 is 4.98 Å². The molecule has 0 atom stereocenters. The van der Waals surface area contributed by atoms with Crippen LogP contribution in [-0.4, -0.2) is 26.6 Å². The molecule has 0 unspecified atom stereocenters. The summed E-state index contributed by atoms with van der Waals surface area (Å²) in [5.41, 5.74) is 6.87. The fourth-order valence-corrected chi connectivity index (χ4v) is 3.90. The maximum Gasteiger partial charge on any atom is 0.290 e. The monoisotopic (exact) mass is 445 g/mol. The normalized spacial score (nSPS) is 11.1. The van der Waals surface area contributed by atoms with Crippen molar-refractivity contribution in [2.45, 2.75) is 45.6 Å². The topological polar surface area (TPSA) is 109 Å². The number of carbonyl (C=O) groups excluding carboxylic acids is 2. The van der Waals surface area contributed by atoms with Gasteiger partial charge in [0.25, 0.3) is 11.5 Å². The molecule has 0 fully saturated rings. The molecule has 33 heavy (non-hydrogen) atoms. The molecule has 2 amide bonds. The second-order valence-corrected chi connectivity index (χ2v) is 7.99. The lowest BCUT2D eigenvalue weighted by Gasteiger charge is -2.12. The number of aryl methyl sites for hydroxylation is 2. The highest BCUT2D eigenvalue weighted by atomic mass is 16.2. The van der Waals surface area contributed by atoms with E-state index in [4.69, 9.17) is 0 Å². The number of unbranched alkanes of at least 4 members (excludes halogenated alkanes) is 2. The molecule has 2 aromatic carbocycles. The molecular formula is C25H27N5O3. The van der Waals surface area contributed by atoms with Crippen LogP contribution in [0.1, 0.15) is 48.7 Å². The van der Waals surface area contributed by atoms with E-state index in [0.717, 1.165) is 35.7 Å². The van der Waals surface area contributed by atoms with Crippen molar-refractivity contribution in [3.63, 3.8) is 0 Å². The first-order valence-electron chi connectivity index (χ1n) is 11.2. The zero-order valence-electron chi connectivity index (χ0n) is 18.6. The van der Waals surface area contributed by atoms with Crippen LogP contribution in [-0.2, 0) is 17.8 Å². The summed E-state index contributed by atoms with van der Waals surface area (Å²) in [6, 6.07) is 14.8. The number of aromatic nitrogens is 3. The Hall–Kier alpha value is -3.94. The Morgan fingerprint density at radius 1 is 0.970 bits per heavy atom. The van der Waals surface area contributed by atoms with Crippen molar-refractivity contribution in [1.82, 2.24) is 25.6 Å². The molecule has 0 bridgehead atoms. The number of nitrogens with zero attached hydrogens (tertiary/aromatic N) is 2. The lowest BCUT2D eigenvalue weighted by Crippen LogP contribution is -2.43. The summed E-state index contributed by atoms with van der Waals surface area (Å²) in [4.78, 5) is 41.2. The number of fused-ring (bicyclic) bond motifs is 2. The van der Waals surface area contributed by atoms with Gasteiger partial charge in [-0.15, -0.1) is 0 Å². The number of carbonyl (C=O) groups is 2. The molecule has 0 saturated carbocycles. The largest absolute Gasteiger partial charge is 0.361 e. The van der Waals surface area contributed by atoms with E-state index < -0.39 is 5.91 Å². The SMILES string of the molecule is CCCCCn1nc(C(=O)NNC(=O)CCc2c[nH]c3ccccc23)c2ccccc2c1=O. The van der Waals surface area contributed by atoms with Crippen molar-refractivity contribution in [2.24, 2.45) is 0 Å². The molecule has 8 heteroatoms. The lowest BCUT2D eigenvalue weighted by molar-refractivity contribution is -0.121. The van der Waals surface area contributed by atoms with Gasteiger partial charge >= 0.3 is 0 Å². The van der Waals surface area contributed by atoms with Crippen LogP contribution in [0.3, 0.4) is 0 Å². The Labute approximate surface area is 191 Å². The summed E-state index contributed by atoms with van der Waals surface area (Å²) in [7, 11) is 0. The Bertz CT molecular complexity index is 1360. The maximum absolute atomic E-state index is 12.9. The minimum absolute atomic E-state index is 0.110. The molecule has 4 rings (SSSR count). The molecule has 0 aliphatic heterocycles. The van der Waals surface area contributed by atoms with E-state index >= 15 is 0 Å². The molecule has 2 aromatic heterocycles. The predicted molar refractivity (Wildman–Crippen MR) is 128 cm³/mol. The number of hydrogen-bond donors (Lipinski definition) is 3. The van der Waals surface area contributed by atoms with E-state index in [1.807, 2.05) is 30.5 Å². The summed E-state index contributed by atoms with van der Waals surface area (Å²) in [6.45, 7) is 2.52. The zero-order valence-corrected chi connectivity index (χ0v) is 18.6. The first-order chi connectivity index (χ1) is 16.1. The number of H-pyrrole nitrogens is 1. The van der Waals surface area contributed by atoms with Gasteiger partial charge in [0.2, 0.25) is 5.91 Å². The molecule has 0 aliphatic carbocycles. The highest BCUT2D eigenvalue weighted by Gasteiger charge is 2.17. The lowest BCUT2D eigenvalue weighted by atomic mass is 10.1. The van der Waals surface area contributed by atoms with Crippen molar-refractivity contribution < 1.29 is 9.59 Å². The summed E-state index contributed by atoms with van der Waals surface area (Å²) in [5.74, 6) is -0.870. The molecule has 2 heterocycles. The Morgan fingerprint density at radius 2 is 1.70 bits per heavy atom. The van der Waals surface area contributed by atoms with E-state index in [1.54, 1.807) is 24.3 Å². The molecular weight excluding hydrogens is 418 g/mol. The number of para-hydroxylation sites is 1. The third kappa shape index (κ3) is 4.95. The fraction of sp³-hybridized carbons (Fsp3) is 0.280. The van der Waals surface area contributed by atoms with E-state index in [2.05, 4.69) is 27.9 Å². The molecule has 170 valence electrons. The molecule has 0 aliphatic rings. The van der Waals surface area contributed by atoms with Crippen molar-refractivity contribution in [1.29, 1.82) is 0 Å². The number of nitrogens with one attached hydrogen (secondary N) is 3. The van der Waals surface area contributed by atoms with Crippen LogP contribution in [0.15, 0.2) is 59.5 Å². The van der Waals surface area contributed by atoms with E-state index in [0.29, 0.717) is 23.7 Å². The summed E-state index contributed by atoms with van der Waals surface area (Å²) in [5, 5.41) is 6.28. The quantitative estimate of drug-likeness (QED) is 0.285. The number of rotatable bonds is 8. The first-order valence-corrected chi connectivity index (χ1v) is 11.2. The molecule has 4 aromatic rings. The van der Waals surface area contributed by atoms with Gasteiger partial charge in [0.05, 0.1) is 5.39 Å². The van der Waals surface area contributed by atoms with Crippen molar-refractivity contribution >= 4 is 33.5 Å². The highest BCUT2D eigenvalue weighted by Crippen LogP contribution is 2.19. The standard InChI is InChI=1S/C25H27N5O3/c1-2-3-8-15-30-25(33)20-11-5-4-10-19(20)23(29-30)24(32)28-27-22(31)14-13-17-16-26-21-12-7-6-9-18(17)21/h4-7,9-12,16,26H,2-3,8,13-15H2,1H3,(H,27,31)(H,28,32). The second kappa shape index (κ2) is 10.1. The average Bonchev–Trinajstić information content (AvgIpc) is 3.26. The van der Waals surface area contributed by atoms with Crippen LogP contribution in [0, 0.1) is 0 Å². The van der Waals surface area contributed by atoms with Crippen LogP contribution in [0.5, 0.6) is 0 Å². The van der Waals surface area contributed by atoms with Crippen LogP contribution in [0.25, 0.3) is 21.7 Å². The van der Waals surface area contributed by atoms with Crippen molar-refractivity contribution in [3.05, 3.63) is 76.3 Å². The minimum atomic E-state index is -0.559. The summed E-state index contributed by atoms with van der Waals surface area (Å²) < 4.78 is 1.34. The number of hydrazine groups is 1. The zero-order chi connectivity index (χ0) is 23.2. The van der Waals surface area contributed by atoms with Crippen molar-refractivity contribution in [3.8, 4) is 0 Å². The van der Waals surface area contributed by atoms with Crippen molar-refractivity contribution in [2.75, 3.05) is 0 Å². The van der Waals surface area contributed by atoms with Gasteiger partial charge in [-0.25, -0.2) is 4.68 Å². The number of benzene rings is 2. The highest BCUT2D eigenvalue weighted by molar-refractivity contribution is 6.05. The molecule has 3 N–H and O–H groups in total. The smallest absolute Gasteiger partial charge is 0.290 e. The second-order valence-electron chi connectivity index (χ2n) is 7.99. The van der Waals surface area contributed by atoms with Gasteiger partial charge in [0.15, 0.2) is 5.69 Å². The fourth-order valence-electron chi connectivity index (χ4n) is 3.90. The third-order valence-corrected chi connectivity index (χ3v) is 5.67. The molecule has 8 nitrogen and oxygen atoms in total. The van der Waals surface area contributed by atoms with Gasteiger partial charge in [-0.2, -0.15) is 5.10 Å². The van der Waals surface area contributed by atoms with Gasteiger partial charge in [-0.1, -0.05) is 56.2 Å². The van der Waals surface area contributed by atoms with Crippen LogP contribution in [0.2, 0.25) is 0 Å². The molecule has 0 radical (unpaired) electrons. The minimum Gasteiger partial charge on any atom is -0.361 e. The van der Waals surface area contributed by atoms with E-state index in [-0.39, 0.29) is 23.6 Å². The van der Waals surface area contributed by atoms with Gasteiger partial charge in [-0.3, -0.25) is 25.2 Å². The Morgan fingerprint density at radius 3 is 2.48 bits per heavy atom. The predicted octanol–water partition coefficient (Wildman–Crippen LogP) is 3.46. The van der Waals surface area contributed by atoms with E-state index in [9.17, 15) is 14.4 Å². The number of amides is 2. The third-order valence-electron chi connectivity index (χ3n) is 5.67. The average molecular weight is 446 g/mol. The first kappa shape index (κ1) is 22.3. The Balaban J connectivity index is 1.44. The van der Waals surface area contributed by atoms with Crippen LogP contribution in [0.4, 0.5) is 0 Å². The van der Waals surface area contributed by atoms with E-state index in [1.165, 1.54) is 4.68 Å². The molecule has 0 saturated heterocycles. The number of aromatic amines is 1. The van der Waals surface area contributed by atoms with Crippen LogP contribution >= 0.6 is 0 Å². The Kier molecular flexibility index (Phi) is 6.83. The summed E-state index contributed by atoms with van der Waals surface area (Å²) >= 11 is 0. The van der Waals surface area contributed by atoms with Gasteiger partial charge in [0, 0.05) is 35.5 Å². The maximum atomic E-state index is 12.9. The van der Waals surface area contributed by atoms with Gasteiger partial charge in [-0.05, 0) is 30.5 Å². The van der Waals surface area contributed by atoms with Crippen LogP contribution < -0.4 is 16.4 Å².